The first kappa shape index (κ1) is 28.6. The number of benzene rings is 2. The number of hydrogen-bond donors (Lipinski definition) is 2. The van der Waals surface area contributed by atoms with Crippen molar-refractivity contribution in [3.05, 3.63) is 70.8 Å². The fourth-order valence-electron chi connectivity index (χ4n) is 3.83. The summed E-state index contributed by atoms with van der Waals surface area (Å²) >= 11 is 0. The third kappa shape index (κ3) is 8.14. The molecule has 2 aromatic rings. The van der Waals surface area contributed by atoms with E-state index in [1.54, 1.807) is 12.1 Å². The highest BCUT2D eigenvalue weighted by atomic mass is 35.5. The van der Waals surface area contributed by atoms with Gasteiger partial charge in [0, 0.05) is 25.2 Å². The summed E-state index contributed by atoms with van der Waals surface area (Å²) in [6.07, 6.45) is -5.03. The van der Waals surface area contributed by atoms with Crippen molar-refractivity contribution in [2.75, 3.05) is 0 Å². The summed E-state index contributed by atoms with van der Waals surface area (Å²) in [6.45, 7) is 0.604. The zero-order valence-corrected chi connectivity index (χ0v) is 18.7. The summed E-state index contributed by atoms with van der Waals surface area (Å²) in [4.78, 5) is 0. The van der Waals surface area contributed by atoms with Gasteiger partial charge in [0.15, 0.2) is 0 Å². The van der Waals surface area contributed by atoms with Crippen LogP contribution in [0.3, 0.4) is 0 Å². The zero-order valence-electron chi connectivity index (χ0n) is 17.1. The molecule has 0 amide bonds. The van der Waals surface area contributed by atoms with Crippen molar-refractivity contribution in [3.8, 4) is 0 Å². The van der Waals surface area contributed by atoms with Gasteiger partial charge in [-0.15, -0.1) is 24.8 Å². The van der Waals surface area contributed by atoms with Gasteiger partial charge in [0.2, 0.25) is 0 Å². The molecule has 2 atom stereocenters. The van der Waals surface area contributed by atoms with E-state index >= 15 is 0 Å². The van der Waals surface area contributed by atoms with Crippen LogP contribution in [0.25, 0.3) is 0 Å². The molecule has 32 heavy (non-hydrogen) atoms. The fraction of sp³-hybridized carbons (Fsp3) is 0.455. The van der Waals surface area contributed by atoms with Gasteiger partial charge in [-0.3, -0.25) is 0 Å². The molecule has 1 aliphatic rings. The average Bonchev–Trinajstić information content (AvgIpc) is 2.70. The maximum atomic E-state index is 12.9. The minimum atomic E-state index is -4.38. The molecule has 2 aromatic carbocycles. The first-order valence-corrected chi connectivity index (χ1v) is 9.92. The third-order valence-electron chi connectivity index (χ3n) is 5.41. The summed E-state index contributed by atoms with van der Waals surface area (Å²) < 4.78 is 77.3. The summed E-state index contributed by atoms with van der Waals surface area (Å²) in [6, 6.07) is 10.5. The van der Waals surface area contributed by atoms with Crippen molar-refractivity contribution < 1.29 is 26.3 Å². The molecule has 0 bridgehead atoms. The van der Waals surface area contributed by atoms with Gasteiger partial charge in [-0.25, -0.2) is 0 Å². The van der Waals surface area contributed by atoms with Gasteiger partial charge in [-0.05, 0) is 36.1 Å². The lowest BCUT2D eigenvalue weighted by Gasteiger charge is -2.33. The van der Waals surface area contributed by atoms with Gasteiger partial charge in [0.1, 0.15) is 0 Å². The van der Waals surface area contributed by atoms with E-state index < -0.39 is 23.5 Å². The molecular weight excluding hydrogens is 477 g/mol. The van der Waals surface area contributed by atoms with E-state index in [0.29, 0.717) is 24.2 Å². The monoisotopic (exact) mass is 502 g/mol. The molecule has 10 heteroatoms. The molecule has 0 saturated heterocycles. The topological polar surface area (TPSA) is 24.1 Å². The number of rotatable bonds is 6. The Bertz CT molecular complexity index is 772. The highest BCUT2D eigenvalue weighted by Crippen LogP contribution is 2.30. The molecule has 0 radical (unpaired) electrons. The van der Waals surface area contributed by atoms with Gasteiger partial charge in [-0.2, -0.15) is 26.3 Å². The van der Waals surface area contributed by atoms with Gasteiger partial charge < -0.3 is 10.6 Å². The Hall–Kier alpha value is -1.48. The van der Waals surface area contributed by atoms with E-state index in [4.69, 9.17) is 0 Å². The van der Waals surface area contributed by atoms with Gasteiger partial charge >= 0.3 is 12.4 Å². The van der Waals surface area contributed by atoms with Crippen molar-refractivity contribution >= 4 is 24.8 Å². The second kappa shape index (κ2) is 12.1. The Morgan fingerprint density at radius 1 is 0.656 bits per heavy atom. The van der Waals surface area contributed by atoms with Crippen molar-refractivity contribution in [1.29, 1.82) is 0 Å². The molecule has 1 fully saturated rings. The molecule has 0 aliphatic heterocycles. The van der Waals surface area contributed by atoms with Crippen LogP contribution in [0.2, 0.25) is 0 Å². The van der Waals surface area contributed by atoms with Crippen molar-refractivity contribution in [1.82, 2.24) is 10.6 Å². The Labute approximate surface area is 196 Å². The van der Waals surface area contributed by atoms with Crippen LogP contribution in [-0.2, 0) is 25.4 Å². The Morgan fingerprint density at radius 3 is 1.38 bits per heavy atom. The second-order valence-electron chi connectivity index (χ2n) is 7.66. The smallest absolute Gasteiger partial charge is 0.308 e. The molecule has 0 aromatic heterocycles. The van der Waals surface area contributed by atoms with E-state index in [2.05, 4.69) is 10.6 Å². The third-order valence-corrected chi connectivity index (χ3v) is 5.41. The van der Waals surface area contributed by atoms with Crippen LogP contribution in [0.1, 0.15) is 47.9 Å². The predicted molar refractivity (Wildman–Crippen MR) is 117 cm³/mol. The highest BCUT2D eigenvalue weighted by Gasteiger charge is 2.31. The largest absolute Gasteiger partial charge is 0.416 e. The molecule has 2 unspecified atom stereocenters. The molecule has 2 nitrogen and oxygen atoms in total. The van der Waals surface area contributed by atoms with Crippen molar-refractivity contribution in [2.24, 2.45) is 0 Å². The van der Waals surface area contributed by atoms with Crippen LogP contribution in [-0.4, -0.2) is 12.1 Å². The van der Waals surface area contributed by atoms with Crippen LogP contribution >= 0.6 is 24.8 Å². The summed E-state index contributed by atoms with van der Waals surface area (Å²) in [5.41, 5.74) is -0.256. The van der Waals surface area contributed by atoms with Gasteiger partial charge in [0.25, 0.3) is 0 Å². The van der Waals surface area contributed by atoms with Gasteiger partial charge in [0.05, 0.1) is 11.1 Å². The van der Waals surface area contributed by atoms with Crippen LogP contribution in [0.4, 0.5) is 26.3 Å². The number of alkyl halides is 6. The highest BCUT2D eigenvalue weighted by molar-refractivity contribution is 5.85. The van der Waals surface area contributed by atoms with E-state index in [0.717, 1.165) is 49.9 Å². The van der Waals surface area contributed by atoms with Crippen LogP contribution in [0.15, 0.2) is 48.5 Å². The van der Waals surface area contributed by atoms with Gasteiger partial charge in [-0.1, -0.05) is 49.2 Å². The fourth-order valence-corrected chi connectivity index (χ4v) is 3.83. The molecule has 1 saturated carbocycles. The summed E-state index contributed by atoms with van der Waals surface area (Å²) in [7, 11) is 0. The van der Waals surface area contributed by atoms with E-state index in [1.165, 1.54) is 12.1 Å². The zero-order chi connectivity index (χ0) is 21.8. The maximum absolute atomic E-state index is 12.9. The molecule has 1 aliphatic carbocycles. The average molecular weight is 503 g/mol. The van der Waals surface area contributed by atoms with E-state index in [1.807, 2.05) is 0 Å². The minimum Gasteiger partial charge on any atom is -0.308 e. The molecule has 0 spiro atoms. The Morgan fingerprint density at radius 2 is 1.03 bits per heavy atom. The Balaban J connectivity index is 0.00000256. The van der Waals surface area contributed by atoms with Crippen LogP contribution < -0.4 is 10.6 Å². The van der Waals surface area contributed by atoms with E-state index in [-0.39, 0.29) is 36.9 Å². The quantitative estimate of drug-likeness (QED) is 0.426. The lowest BCUT2D eigenvalue weighted by molar-refractivity contribution is -0.138. The van der Waals surface area contributed by atoms with Crippen molar-refractivity contribution in [2.45, 2.75) is 63.2 Å². The number of nitrogens with one attached hydrogen (secondary N) is 2. The van der Waals surface area contributed by atoms with Crippen LogP contribution in [0, 0.1) is 0 Å². The Kier molecular flexibility index (Phi) is 10.8. The maximum Gasteiger partial charge on any atom is 0.416 e. The summed E-state index contributed by atoms with van der Waals surface area (Å²) in [5.74, 6) is 0. The standard InChI is InChI=1S/C22H24F6N2.2ClH/c23-21(24,25)17-7-3-5-15(11-17)13-29-19-9-1-2-10-20(19)30-14-16-6-4-8-18(12-16)22(26,27)28;;/h3-8,11-12,19-20,29-30H,1-2,9-10,13-14H2;2*1H. The molecular formula is C22H26Cl2F6N2. The van der Waals surface area contributed by atoms with Crippen LogP contribution in [0.5, 0.6) is 0 Å². The lowest BCUT2D eigenvalue weighted by atomic mass is 9.90. The van der Waals surface area contributed by atoms with E-state index in [9.17, 15) is 26.3 Å². The first-order chi connectivity index (χ1) is 14.1. The first-order valence-electron chi connectivity index (χ1n) is 9.92. The number of hydrogen-bond acceptors (Lipinski definition) is 2. The molecule has 180 valence electrons. The van der Waals surface area contributed by atoms with Crippen molar-refractivity contribution in [3.63, 3.8) is 0 Å². The molecule has 3 rings (SSSR count). The normalized spacial score (nSPS) is 19.1. The second-order valence-corrected chi connectivity index (χ2v) is 7.66. The SMILES string of the molecule is Cl.Cl.FC(F)(F)c1cccc(CNC2CCCCC2NCc2cccc(C(F)(F)F)c2)c1. The molecule has 0 heterocycles. The molecule has 2 N–H and O–H groups in total. The summed E-state index contributed by atoms with van der Waals surface area (Å²) in [5, 5.41) is 6.66. The predicted octanol–water partition coefficient (Wildman–Crippen LogP) is 6.76. The number of halogens is 8. The lowest BCUT2D eigenvalue weighted by Crippen LogP contribution is -2.49. The minimum absolute atomic E-state index is 0.